The van der Waals surface area contributed by atoms with Gasteiger partial charge in [0.25, 0.3) is 0 Å². The highest BCUT2D eigenvalue weighted by Crippen LogP contribution is 2.27. The standard InChI is InChI=1S/C15H27NO4/c1-5-20-14(18)12(15(2,3)4)13(17)16-10-11-6-8-19-9-7-11/h11-12H,5-10H2,1-4H3,(H,16,17). The summed E-state index contributed by atoms with van der Waals surface area (Å²) in [5.41, 5.74) is -0.452. The van der Waals surface area contributed by atoms with E-state index in [4.69, 9.17) is 9.47 Å². The van der Waals surface area contributed by atoms with Gasteiger partial charge in [-0.25, -0.2) is 0 Å². The zero-order chi connectivity index (χ0) is 15.2. The zero-order valence-corrected chi connectivity index (χ0v) is 13.0. The largest absolute Gasteiger partial charge is 0.465 e. The zero-order valence-electron chi connectivity index (χ0n) is 13.0. The van der Waals surface area contributed by atoms with Crippen molar-refractivity contribution in [2.75, 3.05) is 26.4 Å². The molecule has 5 nitrogen and oxygen atoms in total. The first kappa shape index (κ1) is 17.0. The first-order valence-corrected chi connectivity index (χ1v) is 7.38. The van der Waals surface area contributed by atoms with Gasteiger partial charge in [0, 0.05) is 19.8 Å². The van der Waals surface area contributed by atoms with Crippen LogP contribution in [0.5, 0.6) is 0 Å². The van der Waals surface area contributed by atoms with E-state index in [0.717, 1.165) is 26.1 Å². The van der Waals surface area contributed by atoms with Crippen molar-refractivity contribution in [2.24, 2.45) is 17.3 Å². The molecule has 0 aliphatic carbocycles. The summed E-state index contributed by atoms with van der Waals surface area (Å²) in [6, 6.07) is 0. The summed E-state index contributed by atoms with van der Waals surface area (Å²) in [6.45, 7) is 9.78. The van der Waals surface area contributed by atoms with Crippen molar-refractivity contribution in [2.45, 2.75) is 40.5 Å². The minimum atomic E-state index is -0.762. The van der Waals surface area contributed by atoms with Crippen LogP contribution in [0, 0.1) is 17.3 Å². The summed E-state index contributed by atoms with van der Waals surface area (Å²) >= 11 is 0. The molecule has 1 heterocycles. The molecular weight excluding hydrogens is 258 g/mol. The molecule has 1 amide bonds. The van der Waals surface area contributed by atoms with Crippen LogP contribution in [0.4, 0.5) is 0 Å². The second-order valence-corrected chi connectivity index (χ2v) is 6.35. The van der Waals surface area contributed by atoms with Crippen molar-refractivity contribution in [1.82, 2.24) is 5.32 Å². The van der Waals surface area contributed by atoms with Gasteiger partial charge in [-0.15, -0.1) is 0 Å². The van der Waals surface area contributed by atoms with E-state index in [1.54, 1.807) is 6.92 Å². The van der Waals surface area contributed by atoms with Gasteiger partial charge in [-0.3, -0.25) is 9.59 Å². The van der Waals surface area contributed by atoms with Crippen LogP contribution in [0.15, 0.2) is 0 Å². The van der Waals surface area contributed by atoms with Gasteiger partial charge in [-0.1, -0.05) is 20.8 Å². The third-order valence-electron chi connectivity index (χ3n) is 3.56. The molecule has 0 spiro atoms. The fraction of sp³-hybridized carbons (Fsp3) is 0.867. The molecule has 0 bridgehead atoms. The molecule has 1 N–H and O–H groups in total. The second-order valence-electron chi connectivity index (χ2n) is 6.35. The van der Waals surface area contributed by atoms with Crippen molar-refractivity contribution in [3.8, 4) is 0 Å². The van der Waals surface area contributed by atoms with E-state index in [1.807, 2.05) is 20.8 Å². The lowest BCUT2D eigenvalue weighted by molar-refractivity contribution is -0.156. The third-order valence-corrected chi connectivity index (χ3v) is 3.56. The monoisotopic (exact) mass is 285 g/mol. The molecule has 1 unspecified atom stereocenters. The first-order valence-electron chi connectivity index (χ1n) is 7.38. The number of hydrogen-bond donors (Lipinski definition) is 1. The minimum absolute atomic E-state index is 0.234. The van der Waals surface area contributed by atoms with Crippen LogP contribution >= 0.6 is 0 Å². The number of hydrogen-bond acceptors (Lipinski definition) is 4. The number of rotatable bonds is 5. The molecule has 1 rings (SSSR count). The number of amides is 1. The van der Waals surface area contributed by atoms with Crippen molar-refractivity contribution in [3.05, 3.63) is 0 Å². The van der Waals surface area contributed by atoms with Crippen LogP contribution in [0.25, 0.3) is 0 Å². The molecule has 1 fully saturated rings. The molecule has 116 valence electrons. The third kappa shape index (κ3) is 5.12. The Morgan fingerprint density at radius 2 is 1.90 bits per heavy atom. The molecule has 1 aliphatic rings. The van der Waals surface area contributed by atoms with Crippen molar-refractivity contribution < 1.29 is 19.1 Å². The Morgan fingerprint density at radius 3 is 2.40 bits per heavy atom. The predicted octanol–water partition coefficient (Wildman–Crippen LogP) is 1.75. The molecular formula is C15H27NO4. The van der Waals surface area contributed by atoms with Crippen LogP contribution in [-0.2, 0) is 19.1 Å². The van der Waals surface area contributed by atoms with Gasteiger partial charge in [-0.05, 0) is 31.1 Å². The van der Waals surface area contributed by atoms with Gasteiger partial charge in [-0.2, -0.15) is 0 Å². The fourth-order valence-electron chi connectivity index (χ4n) is 2.38. The van der Waals surface area contributed by atoms with Crippen LogP contribution in [-0.4, -0.2) is 38.2 Å². The average Bonchev–Trinajstić information content (AvgIpc) is 2.36. The molecule has 0 radical (unpaired) electrons. The minimum Gasteiger partial charge on any atom is -0.465 e. The second kappa shape index (κ2) is 7.62. The highest BCUT2D eigenvalue weighted by atomic mass is 16.5. The Hall–Kier alpha value is -1.10. The van der Waals surface area contributed by atoms with E-state index in [0.29, 0.717) is 19.1 Å². The van der Waals surface area contributed by atoms with Crippen LogP contribution < -0.4 is 5.32 Å². The smallest absolute Gasteiger partial charge is 0.319 e. The highest BCUT2D eigenvalue weighted by Gasteiger charge is 2.38. The van der Waals surface area contributed by atoms with Gasteiger partial charge >= 0.3 is 5.97 Å². The maximum Gasteiger partial charge on any atom is 0.319 e. The van der Waals surface area contributed by atoms with E-state index in [-0.39, 0.29) is 5.91 Å². The first-order chi connectivity index (χ1) is 9.36. The molecule has 0 aromatic rings. The Morgan fingerprint density at radius 1 is 1.30 bits per heavy atom. The van der Waals surface area contributed by atoms with E-state index < -0.39 is 17.3 Å². The Kier molecular flexibility index (Phi) is 6.46. The highest BCUT2D eigenvalue weighted by molar-refractivity contribution is 5.98. The summed E-state index contributed by atoms with van der Waals surface area (Å²) in [5.74, 6) is -0.996. The van der Waals surface area contributed by atoms with Crippen molar-refractivity contribution in [1.29, 1.82) is 0 Å². The van der Waals surface area contributed by atoms with Gasteiger partial charge in [0.15, 0.2) is 0 Å². The SMILES string of the molecule is CCOC(=O)C(C(=O)NCC1CCOCC1)C(C)(C)C. The number of carbonyl (C=O) groups is 2. The molecule has 5 heteroatoms. The van der Waals surface area contributed by atoms with E-state index in [1.165, 1.54) is 0 Å². The van der Waals surface area contributed by atoms with E-state index in [2.05, 4.69) is 5.32 Å². The number of carbonyl (C=O) groups excluding carboxylic acids is 2. The summed E-state index contributed by atoms with van der Waals surface area (Å²) in [4.78, 5) is 24.3. The Balaban J connectivity index is 2.56. The van der Waals surface area contributed by atoms with Crippen LogP contribution in [0.2, 0.25) is 0 Å². The Bertz CT molecular complexity index is 329. The topological polar surface area (TPSA) is 64.6 Å². The summed E-state index contributed by atoms with van der Waals surface area (Å²) in [7, 11) is 0. The quantitative estimate of drug-likeness (QED) is 0.617. The summed E-state index contributed by atoms with van der Waals surface area (Å²) < 4.78 is 10.3. The number of esters is 1. The number of ether oxygens (including phenoxy) is 2. The summed E-state index contributed by atoms with van der Waals surface area (Å²) in [6.07, 6.45) is 1.92. The van der Waals surface area contributed by atoms with E-state index >= 15 is 0 Å². The van der Waals surface area contributed by atoms with Gasteiger partial charge in [0.2, 0.25) is 5.91 Å². The van der Waals surface area contributed by atoms with E-state index in [9.17, 15) is 9.59 Å². The lowest BCUT2D eigenvalue weighted by Gasteiger charge is -2.29. The fourth-order valence-corrected chi connectivity index (χ4v) is 2.38. The van der Waals surface area contributed by atoms with Crippen molar-refractivity contribution in [3.63, 3.8) is 0 Å². The molecule has 20 heavy (non-hydrogen) atoms. The lowest BCUT2D eigenvalue weighted by Crippen LogP contribution is -2.45. The average molecular weight is 285 g/mol. The molecule has 0 aromatic carbocycles. The summed E-state index contributed by atoms with van der Waals surface area (Å²) in [5, 5.41) is 2.90. The van der Waals surface area contributed by atoms with Gasteiger partial charge in [0.05, 0.1) is 6.61 Å². The molecule has 1 saturated heterocycles. The normalized spacial score (nSPS) is 18.4. The maximum absolute atomic E-state index is 12.3. The predicted molar refractivity (Wildman–Crippen MR) is 76.1 cm³/mol. The molecule has 0 aromatic heterocycles. The number of nitrogens with one attached hydrogen (secondary N) is 1. The van der Waals surface area contributed by atoms with Crippen LogP contribution in [0.1, 0.15) is 40.5 Å². The van der Waals surface area contributed by atoms with Crippen molar-refractivity contribution >= 4 is 11.9 Å². The van der Waals surface area contributed by atoms with Gasteiger partial charge in [0.1, 0.15) is 5.92 Å². The Labute approximate surface area is 121 Å². The van der Waals surface area contributed by atoms with Gasteiger partial charge < -0.3 is 14.8 Å². The molecule has 0 saturated carbocycles. The lowest BCUT2D eigenvalue weighted by atomic mass is 9.80. The van der Waals surface area contributed by atoms with Crippen LogP contribution in [0.3, 0.4) is 0 Å². The molecule has 1 aliphatic heterocycles. The maximum atomic E-state index is 12.3. The molecule has 1 atom stereocenters.